The van der Waals surface area contributed by atoms with Crippen LogP contribution in [0.2, 0.25) is 0 Å². The Hall–Kier alpha value is -1.62. The number of aromatic nitrogens is 2. The number of rotatable bonds is 5. The van der Waals surface area contributed by atoms with Gasteiger partial charge in [-0.1, -0.05) is 49.2 Å². The maximum absolute atomic E-state index is 12.4. The minimum absolute atomic E-state index is 0.103. The Labute approximate surface area is 147 Å². The van der Waals surface area contributed by atoms with Crippen molar-refractivity contribution in [2.24, 2.45) is 5.92 Å². The molecule has 1 amide bonds. The Morgan fingerprint density at radius 2 is 2.00 bits per heavy atom. The fourth-order valence-electron chi connectivity index (χ4n) is 3.25. The average molecular weight is 343 g/mol. The van der Waals surface area contributed by atoms with Crippen LogP contribution < -0.4 is 5.32 Å². The number of aryl methyl sites for hydroxylation is 1. The molecular weight excluding hydrogens is 318 g/mol. The number of benzene rings is 1. The fourth-order valence-corrected chi connectivity index (χ4v) is 4.26. The van der Waals surface area contributed by atoms with Crippen LogP contribution in [0.3, 0.4) is 0 Å². The quantitative estimate of drug-likeness (QED) is 0.655. The molecule has 128 valence electrons. The van der Waals surface area contributed by atoms with Gasteiger partial charge in [0.2, 0.25) is 5.91 Å². The van der Waals surface area contributed by atoms with Crippen molar-refractivity contribution in [2.75, 3.05) is 6.54 Å². The van der Waals surface area contributed by atoms with Gasteiger partial charge in [0.15, 0.2) is 0 Å². The van der Waals surface area contributed by atoms with Crippen molar-refractivity contribution in [1.29, 1.82) is 0 Å². The van der Waals surface area contributed by atoms with Crippen LogP contribution in [-0.2, 0) is 4.79 Å². The van der Waals surface area contributed by atoms with Crippen LogP contribution in [0.4, 0.5) is 0 Å². The molecule has 1 unspecified atom stereocenters. The Morgan fingerprint density at radius 1 is 1.25 bits per heavy atom. The molecule has 4 nitrogen and oxygen atoms in total. The van der Waals surface area contributed by atoms with Gasteiger partial charge in [-0.3, -0.25) is 4.79 Å². The van der Waals surface area contributed by atoms with Crippen LogP contribution >= 0.6 is 11.8 Å². The molecule has 0 saturated heterocycles. The molecule has 0 aliphatic heterocycles. The van der Waals surface area contributed by atoms with E-state index in [1.54, 1.807) is 0 Å². The zero-order valence-electron chi connectivity index (χ0n) is 14.4. The van der Waals surface area contributed by atoms with Crippen LogP contribution in [0.1, 0.15) is 44.9 Å². The van der Waals surface area contributed by atoms with E-state index in [2.05, 4.69) is 15.3 Å². The third-order valence-corrected chi connectivity index (χ3v) is 5.73. The molecule has 1 aliphatic rings. The van der Waals surface area contributed by atoms with Gasteiger partial charge in [-0.2, -0.15) is 0 Å². The van der Waals surface area contributed by atoms with Gasteiger partial charge in [-0.15, -0.1) is 0 Å². The standard InChI is InChI=1S/C19H25N3OS/c1-13(18(23)20-12-15-8-4-3-5-9-15)24-19-16-10-6-7-11-17(16)21-14(2)22-19/h6-7,10-11,13,15H,3-5,8-9,12H2,1-2H3,(H,20,23). The molecule has 5 heteroatoms. The highest BCUT2D eigenvalue weighted by Gasteiger charge is 2.19. The van der Waals surface area contributed by atoms with Crippen molar-refractivity contribution in [1.82, 2.24) is 15.3 Å². The molecule has 0 radical (unpaired) electrons. The minimum atomic E-state index is -0.161. The van der Waals surface area contributed by atoms with Crippen molar-refractivity contribution in [3.63, 3.8) is 0 Å². The second-order valence-corrected chi connectivity index (χ2v) is 7.93. The lowest BCUT2D eigenvalue weighted by Crippen LogP contribution is -2.35. The Bertz CT molecular complexity index is 713. The number of carbonyl (C=O) groups excluding carboxylic acids is 1. The summed E-state index contributed by atoms with van der Waals surface area (Å²) in [6.45, 7) is 4.66. The molecule has 1 N–H and O–H groups in total. The van der Waals surface area contributed by atoms with Gasteiger partial charge in [0.1, 0.15) is 10.9 Å². The normalized spacial score (nSPS) is 16.9. The van der Waals surface area contributed by atoms with E-state index in [-0.39, 0.29) is 11.2 Å². The highest BCUT2D eigenvalue weighted by atomic mass is 32.2. The van der Waals surface area contributed by atoms with E-state index >= 15 is 0 Å². The van der Waals surface area contributed by atoms with E-state index in [1.807, 2.05) is 38.1 Å². The number of nitrogens with one attached hydrogen (secondary N) is 1. The first-order chi connectivity index (χ1) is 11.6. The van der Waals surface area contributed by atoms with E-state index in [0.29, 0.717) is 5.92 Å². The van der Waals surface area contributed by atoms with E-state index < -0.39 is 0 Å². The van der Waals surface area contributed by atoms with E-state index in [4.69, 9.17) is 0 Å². The Kier molecular flexibility index (Phi) is 5.72. The molecule has 0 spiro atoms. The number of para-hydroxylation sites is 1. The topological polar surface area (TPSA) is 54.9 Å². The third kappa shape index (κ3) is 4.26. The van der Waals surface area contributed by atoms with Crippen LogP contribution in [0.25, 0.3) is 10.9 Å². The molecular formula is C19H25N3OS. The molecule has 1 aromatic heterocycles. The van der Waals surface area contributed by atoms with Gasteiger partial charge >= 0.3 is 0 Å². The molecule has 1 aliphatic carbocycles. The van der Waals surface area contributed by atoms with Gasteiger partial charge < -0.3 is 5.32 Å². The summed E-state index contributed by atoms with van der Waals surface area (Å²) in [5, 5.41) is 4.87. The molecule has 1 saturated carbocycles. The summed E-state index contributed by atoms with van der Waals surface area (Å²) in [4.78, 5) is 21.4. The summed E-state index contributed by atoms with van der Waals surface area (Å²) in [6, 6.07) is 7.97. The highest BCUT2D eigenvalue weighted by molar-refractivity contribution is 8.00. The fraction of sp³-hybridized carbons (Fsp3) is 0.526. The highest BCUT2D eigenvalue weighted by Crippen LogP contribution is 2.29. The summed E-state index contributed by atoms with van der Waals surface area (Å²) < 4.78 is 0. The predicted octanol–water partition coefficient (Wildman–Crippen LogP) is 4.12. The maximum Gasteiger partial charge on any atom is 0.233 e. The number of thioether (sulfide) groups is 1. The van der Waals surface area contributed by atoms with Crippen molar-refractivity contribution in [2.45, 2.75) is 56.2 Å². The van der Waals surface area contributed by atoms with Crippen LogP contribution in [0, 0.1) is 12.8 Å². The minimum Gasteiger partial charge on any atom is -0.355 e. The zero-order chi connectivity index (χ0) is 16.9. The summed E-state index contributed by atoms with van der Waals surface area (Å²) >= 11 is 1.52. The average Bonchev–Trinajstić information content (AvgIpc) is 2.60. The summed E-state index contributed by atoms with van der Waals surface area (Å²) in [6.07, 6.45) is 6.44. The first-order valence-corrected chi connectivity index (χ1v) is 9.69. The number of hydrogen-bond donors (Lipinski definition) is 1. The van der Waals surface area contributed by atoms with Gasteiger partial charge in [-0.05, 0) is 38.7 Å². The molecule has 0 bridgehead atoms. The molecule has 2 aromatic rings. The monoisotopic (exact) mass is 343 g/mol. The molecule has 1 aromatic carbocycles. The summed E-state index contributed by atoms with van der Waals surface area (Å²) in [5.41, 5.74) is 0.933. The Balaban J connectivity index is 1.63. The number of nitrogens with zero attached hydrogens (tertiary/aromatic N) is 2. The second kappa shape index (κ2) is 7.97. The summed E-state index contributed by atoms with van der Waals surface area (Å²) in [5.74, 6) is 1.50. The van der Waals surface area contributed by atoms with E-state index in [1.165, 1.54) is 43.9 Å². The molecule has 24 heavy (non-hydrogen) atoms. The first kappa shape index (κ1) is 17.2. The zero-order valence-corrected chi connectivity index (χ0v) is 15.2. The van der Waals surface area contributed by atoms with Crippen molar-refractivity contribution in [3.05, 3.63) is 30.1 Å². The van der Waals surface area contributed by atoms with Gasteiger partial charge in [0.05, 0.1) is 10.8 Å². The molecule has 1 fully saturated rings. The van der Waals surface area contributed by atoms with Crippen molar-refractivity contribution < 1.29 is 4.79 Å². The second-order valence-electron chi connectivity index (χ2n) is 6.60. The lowest BCUT2D eigenvalue weighted by atomic mass is 9.89. The lowest BCUT2D eigenvalue weighted by Gasteiger charge is -2.22. The van der Waals surface area contributed by atoms with Crippen molar-refractivity contribution in [3.8, 4) is 0 Å². The predicted molar refractivity (Wildman–Crippen MR) is 99.2 cm³/mol. The molecule has 1 heterocycles. The maximum atomic E-state index is 12.4. The summed E-state index contributed by atoms with van der Waals surface area (Å²) in [7, 11) is 0. The first-order valence-electron chi connectivity index (χ1n) is 8.81. The molecule has 3 rings (SSSR count). The van der Waals surface area contributed by atoms with E-state index in [9.17, 15) is 4.79 Å². The number of carbonyl (C=O) groups is 1. The smallest absolute Gasteiger partial charge is 0.233 e. The third-order valence-electron chi connectivity index (χ3n) is 4.63. The van der Waals surface area contributed by atoms with Crippen LogP contribution in [0.15, 0.2) is 29.3 Å². The molecule has 1 atom stereocenters. The largest absolute Gasteiger partial charge is 0.355 e. The number of hydrogen-bond acceptors (Lipinski definition) is 4. The number of fused-ring (bicyclic) bond motifs is 1. The Morgan fingerprint density at radius 3 is 2.79 bits per heavy atom. The van der Waals surface area contributed by atoms with Gasteiger partial charge in [0, 0.05) is 11.9 Å². The lowest BCUT2D eigenvalue weighted by molar-refractivity contribution is -0.120. The number of amides is 1. The SMILES string of the molecule is Cc1nc(SC(C)C(=O)NCC2CCCCC2)c2ccccc2n1. The van der Waals surface area contributed by atoms with Gasteiger partial charge in [-0.25, -0.2) is 9.97 Å². The van der Waals surface area contributed by atoms with Crippen LogP contribution in [0.5, 0.6) is 0 Å². The van der Waals surface area contributed by atoms with Gasteiger partial charge in [0.25, 0.3) is 0 Å². The van der Waals surface area contributed by atoms with Crippen molar-refractivity contribution >= 4 is 28.6 Å². The van der Waals surface area contributed by atoms with E-state index in [0.717, 1.165) is 28.3 Å². The van der Waals surface area contributed by atoms with Crippen LogP contribution in [-0.4, -0.2) is 27.7 Å².